The van der Waals surface area contributed by atoms with E-state index in [2.05, 4.69) is 4.74 Å². The largest absolute Gasteiger partial charge is 0.489 e. The van der Waals surface area contributed by atoms with Gasteiger partial charge in [0.1, 0.15) is 18.1 Å². The van der Waals surface area contributed by atoms with Crippen molar-refractivity contribution in [2.75, 3.05) is 35.2 Å². The molecule has 0 heterocycles. The maximum atomic E-state index is 13.7. The van der Waals surface area contributed by atoms with Gasteiger partial charge in [-0.05, 0) is 34.9 Å². The van der Waals surface area contributed by atoms with E-state index in [0.29, 0.717) is 11.3 Å². The number of esters is 1. The highest BCUT2D eigenvalue weighted by molar-refractivity contribution is 5.73. The van der Waals surface area contributed by atoms with Crippen molar-refractivity contribution in [1.82, 2.24) is 0 Å². The maximum Gasteiger partial charge on any atom is 0.419 e. The van der Waals surface area contributed by atoms with Gasteiger partial charge in [0, 0.05) is 26.9 Å². The SMILES string of the molecule is COCOc1c(C(F)(F)F)ccc(COc2ccc(-c3ccc(CC(=O)OC)cc3)cc2)c1C(OC)OC. The maximum absolute atomic E-state index is 13.7. The molecule has 204 valence electrons. The molecule has 3 aromatic rings. The Labute approximate surface area is 219 Å². The van der Waals surface area contributed by atoms with Gasteiger partial charge < -0.3 is 28.4 Å². The van der Waals surface area contributed by atoms with E-state index in [0.717, 1.165) is 22.8 Å². The first-order chi connectivity index (χ1) is 18.2. The summed E-state index contributed by atoms with van der Waals surface area (Å²) < 4.78 is 72.5. The molecule has 10 heteroatoms. The van der Waals surface area contributed by atoms with Gasteiger partial charge in [0.15, 0.2) is 13.1 Å². The van der Waals surface area contributed by atoms with Gasteiger partial charge >= 0.3 is 12.1 Å². The number of hydrogen-bond acceptors (Lipinski definition) is 7. The third kappa shape index (κ3) is 7.25. The van der Waals surface area contributed by atoms with Gasteiger partial charge in [0.05, 0.1) is 24.7 Å². The van der Waals surface area contributed by atoms with Gasteiger partial charge in [-0.3, -0.25) is 4.79 Å². The topological polar surface area (TPSA) is 72.5 Å². The smallest absolute Gasteiger partial charge is 0.419 e. The van der Waals surface area contributed by atoms with E-state index in [1.807, 2.05) is 36.4 Å². The summed E-state index contributed by atoms with van der Waals surface area (Å²) in [6, 6.07) is 17.0. The number of hydrogen-bond donors (Lipinski definition) is 0. The van der Waals surface area contributed by atoms with E-state index in [1.54, 1.807) is 12.1 Å². The second-order valence-electron chi connectivity index (χ2n) is 8.13. The van der Waals surface area contributed by atoms with Crippen molar-refractivity contribution in [3.05, 3.63) is 82.9 Å². The van der Waals surface area contributed by atoms with Crippen LogP contribution in [-0.4, -0.2) is 41.2 Å². The number of alkyl halides is 3. The molecule has 0 aliphatic rings. The fourth-order valence-corrected chi connectivity index (χ4v) is 3.81. The fraction of sp³-hybridized carbons (Fsp3) is 0.321. The number of methoxy groups -OCH3 is 4. The van der Waals surface area contributed by atoms with E-state index in [1.165, 1.54) is 34.5 Å². The second-order valence-corrected chi connectivity index (χ2v) is 8.13. The summed E-state index contributed by atoms with van der Waals surface area (Å²) in [6.07, 6.45) is -5.61. The number of ether oxygens (including phenoxy) is 6. The molecular weight excluding hydrogens is 505 g/mol. The average molecular weight is 535 g/mol. The first kappa shape index (κ1) is 29.0. The Bertz CT molecular complexity index is 1190. The van der Waals surface area contributed by atoms with Crippen LogP contribution in [0.4, 0.5) is 13.2 Å². The van der Waals surface area contributed by atoms with Crippen LogP contribution in [0, 0.1) is 0 Å². The minimum atomic E-state index is -4.67. The first-order valence-corrected chi connectivity index (χ1v) is 11.5. The van der Waals surface area contributed by atoms with Crippen LogP contribution >= 0.6 is 0 Å². The lowest BCUT2D eigenvalue weighted by molar-refractivity contribution is -0.141. The monoisotopic (exact) mass is 534 g/mol. The fourth-order valence-electron chi connectivity index (χ4n) is 3.81. The number of rotatable bonds is 12. The van der Waals surface area contributed by atoms with Crippen LogP contribution in [0.25, 0.3) is 11.1 Å². The molecule has 3 aromatic carbocycles. The minimum absolute atomic E-state index is 0.0607. The Morgan fingerprint density at radius 1 is 0.816 bits per heavy atom. The molecule has 0 radical (unpaired) electrons. The van der Waals surface area contributed by atoms with Gasteiger partial charge in [0.2, 0.25) is 0 Å². The Balaban J connectivity index is 1.83. The molecule has 3 rings (SSSR count). The zero-order valence-corrected chi connectivity index (χ0v) is 21.5. The van der Waals surface area contributed by atoms with Gasteiger partial charge in [-0.2, -0.15) is 13.2 Å². The summed E-state index contributed by atoms with van der Waals surface area (Å²) in [6.45, 7) is -0.465. The van der Waals surface area contributed by atoms with Crippen LogP contribution in [0.2, 0.25) is 0 Å². The van der Waals surface area contributed by atoms with Crippen molar-refractivity contribution < 1.29 is 46.4 Å². The van der Waals surface area contributed by atoms with Crippen LogP contribution in [0.3, 0.4) is 0 Å². The van der Waals surface area contributed by atoms with Crippen LogP contribution < -0.4 is 9.47 Å². The minimum Gasteiger partial charge on any atom is -0.489 e. The van der Waals surface area contributed by atoms with E-state index in [-0.39, 0.29) is 24.6 Å². The first-order valence-electron chi connectivity index (χ1n) is 11.5. The van der Waals surface area contributed by atoms with E-state index < -0.39 is 30.6 Å². The normalized spacial score (nSPS) is 11.5. The van der Waals surface area contributed by atoms with Crippen molar-refractivity contribution in [3.8, 4) is 22.6 Å². The number of carbonyl (C=O) groups excluding carboxylic acids is 1. The zero-order chi connectivity index (χ0) is 27.7. The Morgan fingerprint density at radius 2 is 1.42 bits per heavy atom. The van der Waals surface area contributed by atoms with Gasteiger partial charge in [-0.15, -0.1) is 0 Å². The predicted molar refractivity (Wildman–Crippen MR) is 133 cm³/mol. The lowest BCUT2D eigenvalue weighted by Gasteiger charge is -2.24. The van der Waals surface area contributed by atoms with E-state index >= 15 is 0 Å². The summed E-state index contributed by atoms with van der Waals surface area (Å²) in [7, 11) is 5.30. The van der Waals surface area contributed by atoms with Gasteiger partial charge in [-0.1, -0.05) is 42.5 Å². The molecule has 0 atom stereocenters. The Hall–Kier alpha value is -3.60. The number of carbonyl (C=O) groups is 1. The van der Waals surface area contributed by atoms with Crippen molar-refractivity contribution >= 4 is 5.97 Å². The molecule has 0 N–H and O–H groups in total. The highest BCUT2D eigenvalue weighted by Crippen LogP contribution is 2.43. The molecule has 7 nitrogen and oxygen atoms in total. The molecule has 0 aliphatic carbocycles. The second kappa shape index (κ2) is 13.3. The average Bonchev–Trinajstić information content (AvgIpc) is 2.92. The molecule has 0 fully saturated rings. The van der Waals surface area contributed by atoms with E-state index in [4.69, 9.17) is 23.7 Å². The van der Waals surface area contributed by atoms with Crippen molar-refractivity contribution in [2.45, 2.75) is 25.5 Å². The quantitative estimate of drug-likeness (QED) is 0.210. The van der Waals surface area contributed by atoms with Crippen molar-refractivity contribution in [1.29, 1.82) is 0 Å². The lowest BCUT2D eigenvalue weighted by Crippen LogP contribution is -2.17. The van der Waals surface area contributed by atoms with Crippen molar-refractivity contribution in [3.63, 3.8) is 0 Å². The third-order valence-electron chi connectivity index (χ3n) is 5.69. The van der Waals surface area contributed by atoms with Gasteiger partial charge in [-0.25, -0.2) is 0 Å². The van der Waals surface area contributed by atoms with Crippen LogP contribution in [0.15, 0.2) is 60.7 Å². The molecule has 0 amide bonds. The molecule has 0 unspecified atom stereocenters. The number of benzene rings is 3. The summed E-state index contributed by atoms with van der Waals surface area (Å²) in [5, 5.41) is 0. The molecule has 0 bridgehead atoms. The van der Waals surface area contributed by atoms with Crippen molar-refractivity contribution in [2.24, 2.45) is 0 Å². The summed E-state index contributed by atoms with van der Waals surface area (Å²) >= 11 is 0. The molecule has 0 saturated heterocycles. The standard InChI is InChI=1S/C28H29F3O7/c1-33-17-38-26-23(28(29,30)31)14-11-21(25(26)27(35-3)36-4)16-37-22-12-9-20(10-13-22)19-7-5-18(6-8-19)15-24(32)34-2/h5-14,27H,15-17H2,1-4H3. The molecule has 38 heavy (non-hydrogen) atoms. The highest BCUT2D eigenvalue weighted by atomic mass is 19.4. The highest BCUT2D eigenvalue weighted by Gasteiger charge is 2.38. The predicted octanol–water partition coefficient (Wildman–Crippen LogP) is 5.94. The summed E-state index contributed by atoms with van der Waals surface area (Å²) in [5.74, 6) is -0.247. The zero-order valence-electron chi connectivity index (χ0n) is 21.5. The summed E-state index contributed by atoms with van der Waals surface area (Å²) in [5.41, 5.74) is 2.18. The molecule has 0 saturated carbocycles. The Kier molecular flexibility index (Phi) is 10.1. The molecule has 0 spiro atoms. The lowest BCUT2D eigenvalue weighted by atomic mass is 10.0. The van der Waals surface area contributed by atoms with Crippen LogP contribution in [0.5, 0.6) is 11.5 Å². The number of halogens is 3. The van der Waals surface area contributed by atoms with Crippen LogP contribution in [-0.2, 0) is 42.9 Å². The molecule has 0 aromatic heterocycles. The molecular formula is C28H29F3O7. The van der Waals surface area contributed by atoms with Gasteiger partial charge in [0.25, 0.3) is 0 Å². The molecule has 0 aliphatic heterocycles. The van der Waals surface area contributed by atoms with E-state index in [9.17, 15) is 18.0 Å². The van der Waals surface area contributed by atoms with Crippen LogP contribution in [0.1, 0.15) is 28.5 Å². The summed E-state index contributed by atoms with van der Waals surface area (Å²) in [4.78, 5) is 11.4. The third-order valence-corrected chi connectivity index (χ3v) is 5.69. The Morgan fingerprint density at radius 3 is 1.95 bits per heavy atom.